The molecule has 2 aromatic heterocycles. The summed E-state index contributed by atoms with van der Waals surface area (Å²) in [5.74, 6) is 1.09. The summed E-state index contributed by atoms with van der Waals surface area (Å²) in [6, 6.07) is 1.89. The summed E-state index contributed by atoms with van der Waals surface area (Å²) in [6.45, 7) is 2.02. The molecule has 0 N–H and O–H groups in total. The zero-order chi connectivity index (χ0) is 9.10. The van der Waals surface area contributed by atoms with Crippen LogP contribution >= 0.6 is 11.3 Å². The van der Waals surface area contributed by atoms with Crippen LogP contribution in [0.1, 0.15) is 17.6 Å². The van der Waals surface area contributed by atoms with Gasteiger partial charge in [0.1, 0.15) is 11.3 Å². The average Bonchev–Trinajstić information content (AvgIpc) is 2.71. The minimum Gasteiger partial charge on any atom is -0.249 e. The lowest BCUT2D eigenvalue weighted by Crippen LogP contribution is -1.99. The molecule has 0 bridgehead atoms. The van der Waals surface area contributed by atoms with Crippen LogP contribution in [0.15, 0.2) is 30.2 Å². The second-order valence-corrected chi connectivity index (χ2v) is 3.45. The standard InChI is InChI=1S/C9H8N3S/c1-7(9-11-4-5-13-9)8-2-3-10-6-12-8/h2-6H,1H3. The molecule has 0 unspecified atom stereocenters. The van der Waals surface area contributed by atoms with Gasteiger partial charge in [-0.1, -0.05) is 0 Å². The number of hydrogen-bond acceptors (Lipinski definition) is 4. The van der Waals surface area contributed by atoms with Crippen molar-refractivity contribution in [2.24, 2.45) is 0 Å². The quantitative estimate of drug-likeness (QED) is 0.726. The van der Waals surface area contributed by atoms with Crippen molar-refractivity contribution < 1.29 is 0 Å². The second-order valence-electron chi connectivity index (χ2n) is 2.56. The van der Waals surface area contributed by atoms with Crippen LogP contribution < -0.4 is 0 Å². The van der Waals surface area contributed by atoms with Crippen LogP contribution in [0, 0.1) is 5.92 Å². The van der Waals surface area contributed by atoms with E-state index in [-0.39, 0.29) is 0 Å². The van der Waals surface area contributed by atoms with Gasteiger partial charge in [0.2, 0.25) is 0 Å². The molecular weight excluding hydrogens is 182 g/mol. The molecule has 2 rings (SSSR count). The van der Waals surface area contributed by atoms with E-state index in [1.165, 1.54) is 0 Å². The number of rotatable bonds is 2. The zero-order valence-electron chi connectivity index (χ0n) is 7.14. The fourth-order valence-corrected chi connectivity index (χ4v) is 1.68. The molecule has 0 aliphatic rings. The molecule has 0 aromatic carbocycles. The first-order valence-electron chi connectivity index (χ1n) is 3.88. The van der Waals surface area contributed by atoms with E-state index in [1.807, 2.05) is 18.4 Å². The van der Waals surface area contributed by atoms with E-state index in [4.69, 9.17) is 0 Å². The summed E-state index contributed by atoms with van der Waals surface area (Å²) in [5.41, 5.74) is 0.935. The van der Waals surface area contributed by atoms with E-state index in [0.29, 0.717) is 0 Å². The van der Waals surface area contributed by atoms with Crippen molar-refractivity contribution in [1.29, 1.82) is 0 Å². The molecule has 0 saturated heterocycles. The summed E-state index contributed by atoms with van der Waals surface area (Å²) in [7, 11) is 0. The van der Waals surface area contributed by atoms with Crippen LogP contribution in [0.5, 0.6) is 0 Å². The van der Waals surface area contributed by atoms with Crippen molar-refractivity contribution in [2.75, 3.05) is 0 Å². The van der Waals surface area contributed by atoms with Gasteiger partial charge >= 0.3 is 0 Å². The third-order valence-electron chi connectivity index (χ3n) is 1.72. The highest BCUT2D eigenvalue weighted by Crippen LogP contribution is 2.21. The Morgan fingerprint density at radius 2 is 2.23 bits per heavy atom. The molecule has 0 amide bonds. The summed E-state index contributed by atoms with van der Waals surface area (Å²) in [5, 5.41) is 2.97. The van der Waals surface area contributed by atoms with Crippen molar-refractivity contribution in [1.82, 2.24) is 15.0 Å². The van der Waals surface area contributed by atoms with Crippen molar-refractivity contribution in [2.45, 2.75) is 6.92 Å². The van der Waals surface area contributed by atoms with E-state index >= 15 is 0 Å². The van der Waals surface area contributed by atoms with E-state index < -0.39 is 0 Å². The Labute approximate surface area is 80.5 Å². The molecule has 0 atom stereocenters. The molecule has 2 heterocycles. The highest BCUT2D eigenvalue weighted by Gasteiger charge is 2.12. The Balaban J connectivity index is 2.29. The topological polar surface area (TPSA) is 38.7 Å². The van der Waals surface area contributed by atoms with E-state index in [2.05, 4.69) is 15.0 Å². The number of nitrogens with zero attached hydrogens (tertiary/aromatic N) is 3. The molecule has 2 aromatic rings. The summed E-state index contributed by atoms with van der Waals surface area (Å²) in [4.78, 5) is 12.2. The SMILES string of the molecule is C[C](c1ccncn1)c1nccs1. The highest BCUT2D eigenvalue weighted by molar-refractivity contribution is 7.09. The molecule has 3 nitrogen and oxygen atoms in total. The van der Waals surface area contributed by atoms with Crippen molar-refractivity contribution in [3.8, 4) is 0 Å². The molecule has 0 saturated carbocycles. The summed E-state index contributed by atoms with van der Waals surface area (Å²) in [6.07, 6.45) is 5.08. The first-order valence-corrected chi connectivity index (χ1v) is 4.75. The first kappa shape index (κ1) is 8.31. The van der Waals surface area contributed by atoms with Gasteiger partial charge in [-0.15, -0.1) is 11.3 Å². The minimum absolute atomic E-state index is 0.935. The van der Waals surface area contributed by atoms with E-state index in [9.17, 15) is 0 Å². The third-order valence-corrected chi connectivity index (χ3v) is 2.61. The maximum Gasteiger partial charge on any atom is 0.115 e. The molecule has 4 heteroatoms. The maximum atomic E-state index is 4.21. The molecule has 0 aliphatic carbocycles. The normalized spacial score (nSPS) is 10.6. The fourth-order valence-electron chi connectivity index (χ4n) is 1.03. The average molecular weight is 190 g/mol. The van der Waals surface area contributed by atoms with Gasteiger partial charge in [0.05, 0.1) is 11.6 Å². The van der Waals surface area contributed by atoms with Crippen LogP contribution in [0.25, 0.3) is 0 Å². The van der Waals surface area contributed by atoms with Gasteiger partial charge < -0.3 is 0 Å². The fraction of sp³-hybridized carbons (Fsp3) is 0.111. The van der Waals surface area contributed by atoms with Gasteiger partial charge in [0.25, 0.3) is 0 Å². The Hall–Kier alpha value is -1.29. The van der Waals surface area contributed by atoms with Gasteiger partial charge in [-0.05, 0) is 13.0 Å². The molecular formula is C9H8N3S. The molecule has 0 aliphatic heterocycles. The third kappa shape index (κ3) is 1.72. The zero-order valence-corrected chi connectivity index (χ0v) is 7.95. The lowest BCUT2D eigenvalue weighted by molar-refractivity contribution is 1.03. The summed E-state index contributed by atoms with van der Waals surface area (Å²) < 4.78 is 0. The van der Waals surface area contributed by atoms with Gasteiger partial charge in [0, 0.05) is 17.8 Å². The smallest absolute Gasteiger partial charge is 0.115 e. The number of thiazole rings is 1. The maximum absolute atomic E-state index is 4.21. The molecule has 0 spiro atoms. The highest BCUT2D eigenvalue weighted by atomic mass is 32.1. The minimum atomic E-state index is 0.935. The molecule has 13 heavy (non-hydrogen) atoms. The van der Waals surface area contributed by atoms with Crippen LogP contribution in [0.2, 0.25) is 0 Å². The molecule has 65 valence electrons. The van der Waals surface area contributed by atoms with E-state index in [1.54, 1.807) is 30.1 Å². The van der Waals surface area contributed by atoms with Gasteiger partial charge in [-0.2, -0.15) is 0 Å². The van der Waals surface area contributed by atoms with Crippen molar-refractivity contribution in [3.05, 3.63) is 46.8 Å². The van der Waals surface area contributed by atoms with Gasteiger partial charge in [-0.25, -0.2) is 15.0 Å². The van der Waals surface area contributed by atoms with Gasteiger partial charge in [0.15, 0.2) is 0 Å². The van der Waals surface area contributed by atoms with Crippen LogP contribution in [0.4, 0.5) is 0 Å². The monoisotopic (exact) mass is 190 g/mol. The summed E-state index contributed by atoms with van der Waals surface area (Å²) >= 11 is 1.62. The molecule has 1 radical (unpaired) electrons. The van der Waals surface area contributed by atoms with Crippen molar-refractivity contribution >= 4 is 11.3 Å². The Morgan fingerprint density at radius 3 is 2.85 bits per heavy atom. The first-order chi connectivity index (χ1) is 6.38. The largest absolute Gasteiger partial charge is 0.249 e. The van der Waals surface area contributed by atoms with Crippen LogP contribution in [-0.4, -0.2) is 15.0 Å². The van der Waals surface area contributed by atoms with Gasteiger partial charge in [-0.3, -0.25) is 0 Å². The predicted octanol–water partition coefficient (Wildman–Crippen LogP) is 1.92. The lowest BCUT2D eigenvalue weighted by atomic mass is 10.1. The van der Waals surface area contributed by atoms with Crippen molar-refractivity contribution in [3.63, 3.8) is 0 Å². The Morgan fingerprint density at radius 1 is 1.31 bits per heavy atom. The lowest BCUT2D eigenvalue weighted by Gasteiger charge is -2.04. The molecule has 0 fully saturated rings. The van der Waals surface area contributed by atoms with E-state index in [0.717, 1.165) is 16.6 Å². The second kappa shape index (κ2) is 3.62. The number of aromatic nitrogens is 3. The Bertz CT molecular complexity index is 358. The van der Waals surface area contributed by atoms with Crippen LogP contribution in [-0.2, 0) is 0 Å². The number of hydrogen-bond donors (Lipinski definition) is 0. The Kier molecular flexibility index (Phi) is 2.31. The van der Waals surface area contributed by atoms with Crippen LogP contribution in [0.3, 0.4) is 0 Å². The predicted molar refractivity (Wildman–Crippen MR) is 51.3 cm³/mol.